The zero-order valence-corrected chi connectivity index (χ0v) is 20.9. The molecule has 1 fully saturated rings. The summed E-state index contributed by atoms with van der Waals surface area (Å²) in [6, 6.07) is 2.31. The molecule has 9 nitrogen and oxygen atoms in total. The van der Waals surface area contributed by atoms with Gasteiger partial charge in [-0.15, -0.1) is 11.3 Å². The normalized spacial score (nSPS) is 14.6. The molecule has 1 aliphatic heterocycles. The minimum Gasteiger partial charge on any atom is -0.396 e. The highest BCUT2D eigenvalue weighted by molar-refractivity contribution is 7.13. The van der Waals surface area contributed by atoms with Crippen LogP contribution < -0.4 is 10.2 Å². The molecule has 0 aliphatic carbocycles. The first-order chi connectivity index (χ1) is 17.6. The molecule has 0 bridgehead atoms. The standard InChI is InChI=1S/C23H22ClF3N6O3S/c24-15-9-28-19(7-14(15)23(25,26)27)32-22(36)18-10-29-21(37-18)2-1-17(35)16-8-20(31-12-30-16)33-5-3-13(11-34)4-6-33/h7-10,12-13,34H,1-6,11H2,(H,28,32,36). The van der Waals surface area contributed by atoms with Crippen molar-refractivity contribution in [2.24, 2.45) is 5.92 Å². The summed E-state index contributed by atoms with van der Waals surface area (Å²) in [6.45, 7) is 1.64. The van der Waals surface area contributed by atoms with Crippen LogP contribution in [-0.2, 0) is 12.6 Å². The summed E-state index contributed by atoms with van der Waals surface area (Å²) in [4.78, 5) is 43.6. The van der Waals surface area contributed by atoms with E-state index < -0.39 is 22.7 Å². The number of ketones is 1. The van der Waals surface area contributed by atoms with Gasteiger partial charge in [-0.3, -0.25) is 9.59 Å². The van der Waals surface area contributed by atoms with E-state index >= 15 is 0 Å². The molecule has 0 aromatic carbocycles. The van der Waals surface area contributed by atoms with E-state index in [1.54, 1.807) is 6.07 Å². The first kappa shape index (κ1) is 26.9. The summed E-state index contributed by atoms with van der Waals surface area (Å²) < 4.78 is 39.1. The zero-order chi connectivity index (χ0) is 26.6. The molecule has 0 saturated carbocycles. The van der Waals surface area contributed by atoms with Crippen molar-refractivity contribution in [1.82, 2.24) is 19.9 Å². The van der Waals surface area contributed by atoms with Crippen LogP contribution in [0.1, 0.15) is 50.0 Å². The molecule has 0 unspecified atom stereocenters. The Morgan fingerprint density at radius 2 is 1.89 bits per heavy atom. The summed E-state index contributed by atoms with van der Waals surface area (Å²) in [5, 5.41) is 11.5. The van der Waals surface area contributed by atoms with E-state index in [0.29, 0.717) is 16.9 Å². The van der Waals surface area contributed by atoms with Crippen LogP contribution in [0.3, 0.4) is 0 Å². The van der Waals surface area contributed by atoms with Crippen LogP contribution in [0, 0.1) is 5.92 Å². The van der Waals surface area contributed by atoms with Gasteiger partial charge in [0, 0.05) is 44.8 Å². The molecule has 2 N–H and O–H groups in total. The minimum absolute atomic E-state index is 0.102. The molecule has 196 valence electrons. The summed E-state index contributed by atoms with van der Waals surface area (Å²) in [5.74, 6) is -0.243. The van der Waals surface area contributed by atoms with Crippen molar-refractivity contribution in [1.29, 1.82) is 0 Å². The number of aryl methyl sites for hydroxylation is 1. The molecule has 1 amide bonds. The molecule has 37 heavy (non-hydrogen) atoms. The smallest absolute Gasteiger partial charge is 0.396 e. The zero-order valence-electron chi connectivity index (χ0n) is 19.3. The van der Waals surface area contributed by atoms with Gasteiger partial charge in [0.25, 0.3) is 5.91 Å². The van der Waals surface area contributed by atoms with E-state index in [2.05, 4.69) is 30.2 Å². The fourth-order valence-electron chi connectivity index (χ4n) is 3.80. The highest BCUT2D eigenvalue weighted by Gasteiger charge is 2.34. The third-order valence-corrected chi connectivity index (χ3v) is 7.24. The number of aromatic nitrogens is 4. The number of nitrogens with zero attached hydrogens (tertiary/aromatic N) is 5. The average molecular weight is 555 g/mol. The van der Waals surface area contributed by atoms with Gasteiger partial charge in [0.1, 0.15) is 28.5 Å². The molecule has 14 heteroatoms. The van der Waals surface area contributed by atoms with Crippen LogP contribution in [0.2, 0.25) is 5.02 Å². The topological polar surface area (TPSA) is 121 Å². The Kier molecular flexibility index (Phi) is 8.35. The lowest BCUT2D eigenvalue weighted by atomic mass is 9.98. The summed E-state index contributed by atoms with van der Waals surface area (Å²) in [6.07, 6.45) is 0.828. The molecule has 1 saturated heterocycles. The lowest BCUT2D eigenvalue weighted by Gasteiger charge is -2.31. The van der Waals surface area contributed by atoms with Crippen molar-refractivity contribution in [3.05, 3.63) is 57.0 Å². The van der Waals surface area contributed by atoms with Crippen LogP contribution in [0.4, 0.5) is 24.8 Å². The van der Waals surface area contributed by atoms with Crippen molar-refractivity contribution in [2.75, 3.05) is 29.9 Å². The Hall–Kier alpha value is -3.16. The molecule has 3 aromatic rings. The summed E-state index contributed by atoms with van der Waals surface area (Å²) >= 11 is 6.58. The maximum atomic E-state index is 13.0. The molecule has 0 spiro atoms. The van der Waals surface area contributed by atoms with Crippen LogP contribution in [0.25, 0.3) is 0 Å². The number of thiazole rings is 1. The highest BCUT2D eigenvalue weighted by Crippen LogP contribution is 2.35. The monoisotopic (exact) mass is 554 g/mol. The number of pyridine rings is 1. The number of carbonyl (C=O) groups excluding carboxylic acids is 2. The number of carbonyl (C=O) groups is 2. The van der Waals surface area contributed by atoms with Crippen molar-refractivity contribution < 1.29 is 27.9 Å². The number of aliphatic hydroxyl groups is 1. The maximum Gasteiger partial charge on any atom is 0.418 e. The number of hydrogen-bond acceptors (Lipinski definition) is 9. The number of hydrogen-bond donors (Lipinski definition) is 2. The second-order valence-electron chi connectivity index (χ2n) is 8.42. The number of nitrogens with one attached hydrogen (secondary N) is 1. The van der Waals surface area contributed by atoms with E-state index in [1.165, 1.54) is 12.5 Å². The van der Waals surface area contributed by atoms with E-state index in [9.17, 15) is 27.9 Å². The number of piperidine rings is 1. The van der Waals surface area contributed by atoms with Gasteiger partial charge >= 0.3 is 6.18 Å². The summed E-state index contributed by atoms with van der Waals surface area (Å²) in [5.41, 5.74) is -0.830. The Balaban J connectivity index is 1.34. The van der Waals surface area contributed by atoms with Gasteiger partial charge in [0.05, 0.1) is 21.8 Å². The van der Waals surface area contributed by atoms with Gasteiger partial charge in [0.2, 0.25) is 0 Å². The van der Waals surface area contributed by atoms with Crippen LogP contribution in [-0.4, -0.2) is 56.4 Å². The van der Waals surface area contributed by atoms with Crippen LogP contribution in [0.15, 0.2) is 30.9 Å². The molecule has 0 radical (unpaired) electrons. The third-order valence-electron chi connectivity index (χ3n) is 5.88. The Morgan fingerprint density at radius 1 is 1.14 bits per heavy atom. The fraction of sp³-hybridized carbons (Fsp3) is 0.391. The van der Waals surface area contributed by atoms with Crippen molar-refractivity contribution in [3.8, 4) is 0 Å². The number of rotatable bonds is 8. The first-order valence-corrected chi connectivity index (χ1v) is 12.5. The molecule has 4 heterocycles. The lowest BCUT2D eigenvalue weighted by Crippen LogP contribution is -2.35. The predicted octanol–water partition coefficient (Wildman–Crippen LogP) is 4.28. The lowest BCUT2D eigenvalue weighted by molar-refractivity contribution is -0.137. The first-order valence-electron chi connectivity index (χ1n) is 11.3. The fourth-order valence-corrected chi connectivity index (χ4v) is 4.82. The maximum absolute atomic E-state index is 13.0. The largest absolute Gasteiger partial charge is 0.418 e. The molecule has 4 rings (SSSR count). The molecular weight excluding hydrogens is 533 g/mol. The second-order valence-corrected chi connectivity index (χ2v) is 9.94. The second kappa shape index (κ2) is 11.5. The van der Waals surface area contributed by atoms with E-state index in [-0.39, 0.29) is 47.5 Å². The van der Waals surface area contributed by atoms with Gasteiger partial charge < -0.3 is 15.3 Å². The van der Waals surface area contributed by atoms with Crippen LogP contribution >= 0.6 is 22.9 Å². The van der Waals surface area contributed by atoms with Gasteiger partial charge in [0.15, 0.2) is 5.78 Å². The minimum atomic E-state index is -4.69. The van der Waals surface area contributed by atoms with Gasteiger partial charge in [-0.25, -0.2) is 19.9 Å². The Labute approximate surface area is 218 Å². The highest BCUT2D eigenvalue weighted by atomic mass is 35.5. The number of aliphatic hydroxyl groups excluding tert-OH is 1. The average Bonchev–Trinajstić information content (AvgIpc) is 3.37. The van der Waals surface area contributed by atoms with E-state index in [0.717, 1.165) is 43.5 Å². The van der Waals surface area contributed by atoms with E-state index in [1.807, 2.05) is 0 Å². The number of anilines is 2. The van der Waals surface area contributed by atoms with Crippen molar-refractivity contribution in [2.45, 2.75) is 31.9 Å². The number of alkyl halides is 3. The molecule has 3 aromatic heterocycles. The number of Topliss-reactive ketones (excluding diaryl/α,β-unsaturated/α-hetero) is 1. The quantitative estimate of drug-likeness (QED) is 0.396. The number of halogens is 4. The van der Waals surface area contributed by atoms with Gasteiger partial charge in [-0.2, -0.15) is 13.2 Å². The van der Waals surface area contributed by atoms with E-state index in [4.69, 9.17) is 11.6 Å². The third kappa shape index (κ3) is 6.79. The van der Waals surface area contributed by atoms with Gasteiger partial charge in [-0.05, 0) is 24.8 Å². The predicted molar refractivity (Wildman–Crippen MR) is 131 cm³/mol. The molecular formula is C23H22ClF3N6O3S. The Morgan fingerprint density at radius 3 is 2.59 bits per heavy atom. The van der Waals surface area contributed by atoms with Gasteiger partial charge in [-0.1, -0.05) is 11.6 Å². The molecule has 1 aliphatic rings. The Bertz CT molecular complexity index is 1280. The van der Waals surface area contributed by atoms with Crippen molar-refractivity contribution in [3.63, 3.8) is 0 Å². The van der Waals surface area contributed by atoms with Crippen LogP contribution in [0.5, 0.6) is 0 Å². The van der Waals surface area contributed by atoms with Crippen molar-refractivity contribution >= 4 is 46.3 Å². The SMILES string of the molecule is O=C(CCc1ncc(C(=O)Nc2cc(C(F)(F)F)c(Cl)cn2)s1)c1cc(N2CCC(CO)CC2)ncn1. The summed E-state index contributed by atoms with van der Waals surface area (Å²) in [7, 11) is 0. The number of amides is 1. The molecule has 0 atom stereocenters.